The predicted molar refractivity (Wildman–Crippen MR) is 94.9 cm³/mol. The fourth-order valence-electron chi connectivity index (χ4n) is 2.23. The quantitative estimate of drug-likeness (QED) is 0.586. The van der Waals surface area contributed by atoms with Gasteiger partial charge in [-0.3, -0.25) is 10.2 Å². The molecular formula is C20H16N2O. The van der Waals surface area contributed by atoms with Crippen LogP contribution in [0.25, 0.3) is 0 Å². The molecule has 3 aromatic rings. The maximum atomic E-state index is 12.0. The molecule has 0 saturated carbocycles. The van der Waals surface area contributed by atoms with E-state index < -0.39 is 0 Å². The maximum absolute atomic E-state index is 12.0. The lowest BCUT2D eigenvalue weighted by atomic mass is 10.0. The molecule has 3 rings (SSSR count). The first kappa shape index (κ1) is 14.7. The molecule has 0 heterocycles. The van der Waals surface area contributed by atoms with E-state index in [2.05, 4.69) is 10.5 Å². The molecule has 3 nitrogen and oxygen atoms in total. The number of benzene rings is 2. The van der Waals surface area contributed by atoms with E-state index in [1.54, 1.807) is 12.1 Å². The topological polar surface area (TPSA) is 41.5 Å². The lowest BCUT2D eigenvalue weighted by molar-refractivity contribution is 1.31. The number of hydrogen-bond donors (Lipinski definition) is 1. The summed E-state index contributed by atoms with van der Waals surface area (Å²) in [5.41, 5.74) is 6.01. The van der Waals surface area contributed by atoms with Gasteiger partial charge >= 0.3 is 0 Å². The van der Waals surface area contributed by atoms with Crippen LogP contribution in [0.1, 0.15) is 11.1 Å². The number of nitrogens with zero attached hydrogens (tertiary/aromatic N) is 1. The molecule has 0 atom stereocenters. The molecule has 0 spiro atoms. The van der Waals surface area contributed by atoms with E-state index in [4.69, 9.17) is 0 Å². The van der Waals surface area contributed by atoms with Crippen molar-refractivity contribution < 1.29 is 0 Å². The van der Waals surface area contributed by atoms with E-state index in [1.165, 1.54) is 6.07 Å². The highest BCUT2D eigenvalue weighted by molar-refractivity contribution is 6.13. The first-order chi connectivity index (χ1) is 11.3. The molecule has 0 aliphatic rings. The van der Waals surface area contributed by atoms with Crippen molar-refractivity contribution in [3.8, 4) is 0 Å². The molecule has 0 bridgehead atoms. The van der Waals surface area contributed by atoms with Crippen molar-refractivity contribution in [3.63, 3.8) is 0 Å². The summed E-state index contributed by atoms with van der Waals surface area (Å²) in [7, 11) is 0. The average molecular weight is 300 g/mol. The highest BCUT2D eigenvalue weighted by Gasteiger charge is 2.06. The third kappa shape index (κ3) is 3.71. The van der Waals surface area contributed by atoms with Gasteiger partial charge in [-0.2, -0.15) is 5.10 Å². The summed E-state index contributed by atoms with van der Waals surface area (Å²) in [5.74, 6) is 0. The van der Waals surface area contributed by atoms with Gasteiger partial charge in [-0.25, -0.2) is 0 Å². The van der Waals surface area contributed by atoms with Gasteiger partial charge in [0.2, 0.25) is 5.43 Å². The number of rotatable bonds is 4. The monoisotopic (exact) mass is 300 g/mol. The third-order valence-corrected chi connectivity index (χ3v) is 3.38. The molecule has 112 valence electrons. The number of hydrazone groups is 1. The van der Waals surface area contributed by atoms with Gasteiger partial charge in [-0.15, -0.1) is 0 Å². The highest BCUT2D eigenvalue weighted by Crippen LogP contribution is 2.11. The van der Waals surface area contributed by atoms with Gasteiger partial charge in [0.25, 0.3) is 0 Å². The van der Waals surface area contributed by atoms with Gasteiger partial charge in [-0.05, 0) is 12.1 Å². The zero-order valence-electron chi connectivity index (χ0n) is 12.5. The highest BCUT2D eigenvalue weighted by atomic mass is 16.1. The summed E-state index contributed by atoms with van der Waals surface area (Å²) in [4.78, 5) is 12.0. The molecule has 3 heteroatoms. The Morgan fingerprint density at radius 3 is 1.70 bits per heavy atom. The van der Waals surface area contributed by atoms with Gasteiger partial charge in [0.1, 0.15) is 5.69 Å². The second-order valence-electron chi connectivity index (χ2n) is 4.99. The Morgan fingerprint density at radius 2 is 1.13 bits per heavy atom. The largest absolute Gasteiger partial charge is 0.288 e. The second-order valence-corrected chi connectivity index (χ2v) is 4.99. The Hall–Kier alpha value is -3.20. The van der Waals surface area contributed by atoms with E-state index in [-0.39, 0.29) is 5.43 Å². The summed E-state index contributed by atoms with van der Waals surface area (Å²) in [6.07, 6.45) is 0. The number of nitrogens with one attached hydrogen (secondary N) is 1. The Kier molecular flexibility index (Phi) is 4.60. The van der Waals surface area contributed by atoms with Gasteiger partial charge in [0.05, 0.1) is 5.71 Å². The third-order valence-electron chi connectivity index (χ3n) is 3.38. The smallest absolute Gasteiger partial charge is 0.203 e. The van der Waals surface area contributed by atoms with Crippen molar-refractivity contribution in [2.24, 2.45) is 5.10 Å². The van der Waals surface area contributed by atoms with Crippen LogP contribution in [0.4, 0.5) is 5.69 Å². The normalized spacial score (nSPS) is 9.91. The van der Waals surface area contributed by atoms with Gasteiger partial charge in [-0.1, -0.05) is 78.9 Å². The minimum atomic E-state index is -0.0979. The first-order valence-electron chi connectivity index (χ1n) is 7.38. The summed E-state index contributed by atoms with van der Waals surface area (Å²) >= 11 is 0. The van der Waals surface area contributed by atoms with E-state index in [1.807, 2.05) is 72.8 Å². The van der Waals surface area contributed by atoms with Crippen LogP contribution in [0.2, 0.25) is 0 Å². The van der Waals surface area contributed by atoms with Crippen LogP contribution in [0.3, 0.4) is 0 Å². The zero-order valence-corrected chi connectivity index (χ0v) is 12.5. The van der Waals surface area contributed by atoms with Gasteiger partial charge < -0.3 is 0 Å². The van der Waals surface area contributed by atoms with Crippen LogP contribution in [0.5, 0.6) is 0 Å². The second kappa shape index (κ2) is 7.18. The van der Waals surface area contributed by atoms with E-state index in [0.717, 1.165) is 16.8 Å². The molecule has 0 unspecified atom stereocenters. The predicted octanol–water partition coefficient (Wildman–Crippen LogP) is 3.91. The van der Waals surface area contributed by atoms with Crippen molar-refractivity contribution in [2.75, 3.05) is 5.43 Å². The first-order valence-corrected chi connectivity index (χ1v) is 7.38. The van der Waals surface area contributed by atoms with E-state index in [0.29, 0.717) is 5.69 Å². The summed E-state index contributed by atoms with van der Waals surface area (Å²) in [6, 6.07) is 28.4. The Labute approximate surface area is 134 Å². The average Bonchev–Trinajstić information content (AvgIpc) is 2.82. The van der Waals surface area contributed by atoms with Crippen LogP contribution in [0.15, 0.2) is 101 Å². The fourth-order valence-corrected chi connectivity index (χ4v) is 2.23. The molecular weight excluding hydrogens is 284 g/mol. The van der Waals surface area contributed by atoms with Crippen LogP contribution in [-0.4, -0.2) is 5.71 Å². The molecule has 0 aliphatic heterocycles. The fraction of sp³-hybridized carbons (Fsp3) is 0. The lowest BCUT2D eigenvalue weighted by Crippen LogP contribution is -2.09. The molecule has 3 aromatic carbocycles. The van der Waals surface area contributed by atoms with E-state index >= 15 is 0 Å². The molecule has 1 N–H and O–H groups in total. The summed E-state index contributed by atoms with van der Waals surface area (Å²) in [6.45, 7) is 0. The van der Waals surface area contributed by atoms with Crippen LogP contribution in [0, 0.1) is 0 Å². The zero-order chi connectivity index (χ0) is 15.9. The van der Waals surface area contributed by atoms with Crippen molar-refractivity contribution in [1.82, 2.24) is 0 Å². The minimum absolute atomic E-state index is 0.0979. The lowest BCUT2D eigenvalue weighted by Gasteiger charge is -2.07. The minimum Gasteiger partial charge on any atom is -0.288 e. The molecule has 0 radical (unpaired) electrons. The molecule has 0 saturated heterocycles. The SMILES string of the molecule is O=c1cccccc1NN=C(c1ccccc1)c1ccccc1. The molecule has 0 aromatic heterocycles. The van der Waals surface area contributed by atoms with Crippen LogP contribution >= 0.6 is 0 Å². The molecule has 0 amide bonds. The van der Waals surface area contributed by atoms with Crippen molar-refractivity contribution >= 4 is 11.4 Å². The van der Waals surface area contributed by atoms with Crippen molar-refractivity contribution in [2.45, 2.75) is 0 Å². The standard InChI is InChI=1S/C20H16N2O/c23-19-15-9-3-8-14-18(19)21-22-20(16-10-4-1-5-11-16)17-12-6-2-7-13-17/h1-15H,(H,21,23). The van der Waals surface area contributed by atoms with E-state index in [9.17, 15) is 4.79 Å². The molecule has 0 aliphatic carbocycles. The van der Waals surface area contributed by atoms with Gasteiger partial charge in [0.15, 0.2) is 0 Å². The van der Waals surface area contributed by atoms with Crippen molar-refractivity contribution in [1.29, 1.82) is 0 Å². The Morgan fingerprint density at radius 1 is 0.652 bits per heavy atom. The summed E-state index contributed by atoms with van der Waals surface area (Å²) in [5, 5.41) is 4.49. The maximum Gasteiger partial charge on any atom is 0.203 e. The summed E-state index contributed by atoms with van der Waals surface area (Å²) < 4.78 is 0. The Balaban J connectivity index is 2.03. The van der Waals surface area contributed by atoms with Crippen LogP contribution < -0.4 is 10.9 Å². The molecule has 0 fully saturated rings. The molecule has 23 heavy (non-hydrogen) atoms. The number of anilines is 1. The number of hydrogen-bond acceptors (Lipinski definition) is 3. The Bertz CT molecular complexity index is 817. The van der Waals surface area contributed by atoms with Gasteiger partial charge in [0, 0.05) is 11.1 Å². The van der Waals surface area contributed by atoms with Crippen LogP contribution in [-0.2, 0) is 0 Å². The van der Waals surface area contributed by atoms with Crippen molar-refractivity contribution in [3.05, 3.63) is 112 Å².